The molecule has 1 fully saturated rings. The molecule has 2 N–H and O–H groups in total. The summed E-state index contributed by atoms with van der Waals surface area (Å²) in [6.07, 6.45) is 1.21. The van der Waals surface area contributed by atoms with Crippen LogP contribution in [0.2, 0.25) is 5.02 Å². The van der Waals surface area contributed by atoms with Gasteiger partial charge in [-0.1, -0.05) is 37.6 Å². The van der Waals surface area contributed by atoms with Gasteiger partial charge in [0.25, 0.3) is 0 Å². The Bertz CT molecular complexity index is 558. The second-order valence-electron chi connectivity index (χ2n) is 7.34. The molecule has 1 aromatic carbocycles. The van der Waals surface area contributed by atoms with E-state index in [1.54, 1.807) is 0 Å². The Morgan fingerprint density at radius 3 is 2.78 bits per heavy atom. The van der Waals surface area contributed by atoms with Gasteiger partial charge >= 0.3 is 0 Å². The number of hydrogen-bond donors (Lipinski definition) is 2. The summed E-state index contributed by atoms with van der Waals surface area (Å²) in [6, 6.07) is 7.50. The first kappa shape index (κ1) is 18.2. The van der Waals surface area contributed by atoms with E-state index in [2.05, 4.69) is 24.1 Å². The molecule has 5 heteroatoms. The number of nitrogens with one attached hydrogen (secondary N) is 1. The van der Waals surface area contributed by atoms with Crippen molar-refractivity contribution in [2.24, 2.45) is 5.41 Å². The van der Waals surface area contributed by atoms with Gasteiger partial charge in [0.1, 0.15) is 0 Å². The van der Waals surface area contributed by atoms with E-state index < -0.39 is 5.60 Å². The summed E-state index contributed by atoms with van der Waals surface area (Å²) in [6.45, 7) is 8.93. The lowest BCUT2D eigenvalue weighted by Crippen LogP contribution is -2.56. The van der Waals surface area contributed by atoms with E-state index in [9.17, 15) is 9.90 Å². The lowest BCUT2D eigenvalue weighted by molar-refractivity contribution is -0.123. The molecule has 1 amide bonds. The third-order valence-electron chi connectivity index (χ3n) is 5.03. The molecular formula is C18H27ClN2O2. The van der Waals surface area contributed by atoms with Crippen molar-refractivity contribution in [3.05, 3.63) is 34.9 Å². The number of likely N-dealkylation sites (tertiary alicyclic amines) is 1. The molecule has 0 saturated carbocycles. The van der Waals surface area contributed by atoms with Crippen LogP contribution in [0.3, 0.4) is 0 Å². The van der Waals surface area contributed by atoms with Crippen LogP contribution in [0.5, 0.6) is 0 Å². The number of nitrogens with zero attached hydrogens (tertiary/aromatic N) is 1. The number of carbonyl (C=O) groups is 1. The highest BCUT2D eigenvalue weighted by Gasteiger charge is 2.43. The van der Waals surface area contributed by atoms with Crippen molar-refractivity contribution in [2.75, 3.05) is 19.6 Å². The van der Waals surface area contributed by atoms with Crippen LogP contribution in [-0.2, 0) is 11.3 Å². The second-order valence-corrected chi connectivity index (χ2v) is 7.78. The smallest absolute Gasteiger partial charge is 0.221 e. The van der Waals surface area contributed by atoms with Crippen molar-refractivity contribution in [3.8, 4) is 0 Å². The third-order valence-corrected chi connectivity index (χ3v) is 5.26. The van der Waals surface area contributed by atoms with E-state index in [-0.39, 0.29) is 11.3 Å². The highest BCUT2D eigenvalue weighted by atomic mass is 35.5. The van der Waals surface area contributed by atoms with E-state index in [0.29, 0.717) is 18.0 Å². The molecule has 0 spiro atoms. The van der Waals surface area contributed by atoms with Gasteiger partial charge in [0.15, 0.2) is 0 Å². The van der Waals surface area contributed by atoms with Crippen LogP contribution in [0, 0.1) is 5.41 Å². The van der Waals surface area contributed by atoms with Crippen molar-refractivity contribution in [1.82, 2.24) is 10.2 Å². The Labute approximate surface area is 143 Å². The minimum Gasteiger partial charge on any atom is -0.390 e. The molecule has 0 aromatic heterocycles. The summed E-state index contributed by atoms with van der Waals surface area (Å²) < 4.78 is 0. The number of carbonyl (C=O) groups excluding carboxylic acids is 1. The number of piperidine rings is 1. The molecule has 1 atom stereocenters. The fourth-order valence-electron chi connectivity index (χ4n) is 2.91. The SMILES string of the molecule is CC1(C)CN(CCC(=O)NCc2cccc(Cl)c2)CC[C@]1(C)O. The quantitative estimate of drug-likeness (QED) is 0.868. The largest absolute Gasteiger partial charge is 0.390 e. The zero-order chi connectivity index (χ0) is 17.1. The molecule has 1 aliphatic rings. The molecule has 1 heterocycles. The van der Waals surface area contributed by atoms with Gasteiger partial charge in [-0.15, -0.1) is 0 Å². The van der Waals surface area contributed by atoms with Crippen molar-refractivity contribution in [2.45, 2.75) is 45.8 Å². The monoisotopic (exact) mass is 338 g/mol. The number of rotatable bonds is 5. The molecule has 1 aromatic rings. The Morgan fingerprint density at radius 1 is 1.39 bits per heavy atom. The van der Waals surface area contributed by atoms with Crippen molar-refractivity contribution < 1.29 is 9.90 Å². The molecule has 0 bridgehead atoms. The summed E-state index contributed by atoms with van der Waals surface area (Å²) in [5.41, 5.74) is 0.196. The first-order valence-electron chi connectivity index (χ1n) is 8.15. The van der Waals surface area contributed by atoms with Gasteiger partial charge in [0, 0.05) is 43.0 Å². The van der Waals surface area contributed by atoms with E-state index in [4.69, 9.17) is 11.6 Å². The summed E-state index contributed by atoms with van der Waals surface area (Å²) in [4.78, 5) is 14.3. The maximum atomic E-state index is 12.0. The van der Waals surface area contributed by atoms with Crippen LogP contribution < -0.4 is 5.32 Å². The van der Waals surface area contributed by atoms with Crippen LogP contribution >= 0.6 is 11.6 Å². The predicted octanol–water partition coefficient (Wildman–Crippen LogP) is 2.83. The maximum absolute atomic E-state index is 12.0. The Balaban J connectivity index is 1.75. The molecule has 128 valence electrons. The molecule has 23 heavy (non-hydrogen) atoms. The maximum Gasteiger partial charge on any atom is 0.221 e. The zero-order valence-corrected chi connectivity index (χ0v) is 15.0. The fourth-order valence-corrected chi connectivity index (χ4v) is 3.12. The van der Waals surface area contributed by atoms with E-state index >= 15 is 0 Å². The van der Waals surface area contributed by atoms with Gasteiger partial charge in [0.05, 0.1) is 5.60 Å². The molecule has 1 saturated heterocycles. The molecule has 0 aliphatic carbocycles. The highest BCUT2D eigenvalue weighted by molar-refractivity contribution is 6.30. The van der Waals surface area contributed by atoms with Crippen LogP contribution in [-0.4, -0.2) is 41.1 Å². The standard InChI is InChI=1S/C18H27ClN2O2/c1-17(2)13-21(10-8-18(17,3)23)9-7-16(22)20-12-14-5-4-6-15(19)11-14/h4-6,11,23H,7-10,12-13H2,1-3H3,(H,20,22)/t18-/m0/s1. The Hall–Kier alpha value is -1.10. The highest BCUT2D eigenvalue weighted by Crippen LogP contribution is 2.38. The van der Waals surface area contributed by atoms with E-state index in [1.165, 1.54) is 0 Å². The number of amides is 1. The Kier molecular flexibility index (Phi) is 5.71. The van der Waals surface area contributed by atoms with Gasteiger partial charge in [-0.3, -0.25) is 4.79 Å². The lowest BCUT2D eigenvalue weighted by Gasteiger charge is -2.48. The summed E-state index contributed by atoms with van der Waals surface area (Å²) in [5, 5.41) is 14.0. The summed E-state index contributed by atoms with van der Waals surface area (Å²) in [5.74, 6) is 0.0418. The number of halogens is 1. The normalized spacial score (nSPS) is 24.4. The average molecular weight is 339 g/mol. The van der Waals surface area contributed by atoms with Gasteiger partial charge in [-0.2, -0.15) is 0 Å². The molecule has 0 unspecified atom stereocenters. The van der Waals surface area contributed by atoms with Gasteiger partial charge in [-0.25, -0.2) is 0 Å². The van der Waals surface area contributed by atoms with Crippen LogP contribution in [0.4, 0.5) is 0 Å². The second kappa shape index (κ2) is 7.20. The lowest BCUT2D eigenvalue weighted by atomic mass is 9.71. The third kappa shape index (κ3) is 4.93. The topological polar surface area (TPSA) is 52.6 Å². The van der Waals surface area contributed by atoms with Gasteiger partial charge in [0.2, 0.25) is 5.91 Å². The molecule has 2 rings (SSSR count). The molecular weight excluding hydrogens is 312 g/mol. The van der Waals surface area contributed by atoms with Crippen LogP contribution in [0.25, 0.3) is 0 Å². The molecule has 1 aliphatic heterocycles. The Morgan fingerprint density at radius 2 is 2.13 bits per heavy atom. The first-order valence-corrected chi connectivity index (χ1v) is 8.53. The minimum absolute atomic E-state index is 0.0418. The van der Waals surface area contributed by atoms with Crippen LogP contribution in [0.15, 0.2) is 24.3 Å². The van der Waals surface area contributed by atoms with Crippen molar-refractivity contribution in [1.29, 1.82) is 0 Å². The van der Waals surface area contributed by atoms with E-state index in [1.807, 2.05) is 31.2 Å². The zero-order valence-electron chi connectivity index (χ0n) is 14.2. The molecule has 4 nitrogen and oxygen atoms in total. The predicted molar refractivity (Wildman–Crippen MR) is 93.4 cm³/mol. The molecule has 0 radical (unpaired) electrons. The van der Waals surface area contributed by atoms with Crippen molar-refractivity contribution in [3.63, 3.8) is 0 Å². The average Bonchev–Trinajstić information content (AvgIpc) is 2.46. The van der Waals surface area contributed by atoms with E-state index in [0.717, 1.165) is 31.6 Å². The first-order chi connectivity index (χ1) is 10.7. The fraction of sp³-hybridized carbons (Fsp3) is 0.611. The van der Waals surface area contributed by atoms with Gasteiger partial charge < -0.3 is 15.3 Å². The summed E-state index contributed by atoms with van der Waals surface area (Å²) in [7, 11) is 0. The summed E-state index contributed by atoms with van der Waals surface area (Å²) >= 11 is 5.93. The number of aliphatic hydroxyl groups is 1. The van der Waals surface area contributed by atoms with Crippen molar-refractivity contribution >= 4 is 17.5 Å². The van der Waals surface area contributed by atoms with Crippen LogP contribution in [0.1, 0.15) is 39.2 Å². The number of benzene rings is 1. The van der Waals surface area contributed by atoms with Gasteiger partial charge in [-0.05, 0) is 31.0 Å². The number of hydrogen-bond acceptors (Lipinski definition) is 3. The minimum atomic E-state index is -0.641.